The Labute approximate surface area is 275 Å². The third-order valence-corrected chi connectivity index (χ3v) is 8.04. The summed E-state index contributed by atoms with van der Waals surface area (Å²) in [6, 6.07) is 22.6. The van der Waals surface area contributed by atoms with Gasteiger partial charge in [0, 0.05) is 31.2 Å². The van der Waals surface area contributed by atoms with Crippen LogP contribution in [0.25, 0.3) is 6.08 Å². The molecule has 4 aromatic carbocycles. The molecular formula is C32H23Cl3F3N3O3S. The minimum absolute atomic E-state index is 0.0859. The Morgan fingerprint density at radius 3 is 2.11 bits per heavy atom. The van der Waals surface area contributed by atoms with Gasteiger partial charge in [0.05, 0.1) is 16.5 Å². The van der Waals surface area contributed by atoms with E-state index >= 15 is 0 Å². The van der Waals surface area contributed by atoms with Crippen LogP contribution in [0, 0.1) is 0 Å². The molecule has 45 heavy (non-hydrogen) atoms. The number of nitrogens with one attached hydrogen (secondary N) is 3. The quantitative estimate of drug-likeness (QED) is 0.121. The maximum Gasteiger partial charge on any atom is 0.418 e. The van der Waals surface area contributed by atoms with Crippen LogP contribution in [0.15, 0.2) is 102 Å². The highest BCUT2D eigenvalue weighted by Crippen LogP contribution is 2.37. The summed E-state index contributed by atoms with van der Waals surface area (Å²) in [5.74, 6) is -1.79. The molecule has 0 aliphatic heterocycles. The molecule has 6 nitrogen and oxygen atoms in total. The average molecular weight is 693 g/mol. The van der Waals surface area contributed by atoms with Crippen molar-refractivity contribution in [3.8, 4) is 0 Å². The summed E-state index contributed by atoms with van der Waals surface area (Å²) in [6.07, 6.45) is -3.28. The fourth-order valence-electron chi connectivity index (χ4n) is 3.88. The van der Waals surface area contributed by atoms with Gasteiger partial charge in [-0.25, -0.2) is 0 Å². The number of carbonyl (C=O) groups excluding carboxylic acids is 3. The van der Waals surface area contributed by atoms with Gasteiger partial charge in [0.2, 0.25) is 5.91 Å². The van der Waals surface area contributed by atoms with E-state index in [1.807, 2.05) is 0 Å². The molecule has 0 saturated heterocycles. The smallest absolute Gasteiger partial charge is 0.325 e. The second-order valence-electron chi connectivity index (χ2n) is 9.46. The maximum atomic E-state index is 13.4. The van der Waals surface area contributed by atoms with Crippen LogP contribution in [0.5, 0.6) is 0 Å². The van der Waals surface area contributed by atoms with E-state index in [9.17, 15) is 27.6 Å². The number of thioether (sulfide) groups is 1. The van der Waals surface area contributed by atoms with Gasteiger partial charge >= 0.3 is 6.18 Å². The van der Waals surface area contributed by atoms with Crippen molar-refractivity contribution in [2.24, 2.45) is 0 Å². The molecule has 13 heteroatoms. The Balaban J connectivity index is 1.46. The number of benzene rings is 4. The monoisotopic (exact) mass is 691 g/mol. The van der Waals surface area contributed by atoms with Crippen molar-refractivity contribution < 1.29 is 27.6 Å². The number of rotatable bonds is 9. The van der Waals surface area contributed by atoms with Crippen LogP contribution >= 0.6 is 46.6 Å². The molecule has 0 heterocycles. The highest BCUT2D eigenvalue weighted by Gasteiger charge is 2.34. The zero-order valence-corrected chi connectivity index (χ0v) is 26.3. The molecule has 0 bridgehead atoms. The summed E-state index contributed by atoms with van der Waals surface area (Å²) < 4.78 is 40.2. The van der Waals surface area contributed by atoms with Gasteiger partial charge in [-0.15, -0.1) is 11.8 Å². The fourth-order valence-corrected chi connectivity index (χ4v) is 5.39. The third kappa shape index (κ3) is 9.51. The Morgan fingerprint density at radius 1 is 0.822 bits per heavy atom. The highest BCUT2D eigenvalue weighted by atomic mass is 35.5. The van der Waals surface area contributed by atoms with Gasteiger partial charge in [0.15, 0.2) is 0 Å². The first-order valence-corrected chi connectivity index (χ1v) is 15.1. The molecular weight excluding hydrogens is 670 g/mol. The second-order valence-corrected chi connectivity index (χ2v) is 12.2. The predicted octanol–water partition coefficient (Wildman–Crippen LogP) is 9.19. The maximum absolute atomic E-state index is 13.4. The lowest BCUT2D eigenvalue weighted by atomic mass is 10.1. The summed E-state index contributed by atoms with van der Waals surface area (Å²) in [7, 11) is 0. The summed E-state index contributed by atoms with van der Waals surface area (Å²) in [5, 5.41) is 7.45. The second kappa shape index (κ2) is 14.9. The van der Waals surface area contributed by atoms with Crippen LogP contribution in [0.4, 0.5) is 24.5 Å². The predicted molar refractivity (Wildman–Crippen MR) is 174 cm³/mol. The van der Waals surface area contributed by atoms with Gasteiger partial charge in [-0.05, 0) is 85.3 Å². The minimum atomic E-state index is -4.70. The Morgan fingerprint density at radius 2 is 1.47 bits per heavy atom. The molecule has 1 atom stereocenters. The van der Waals surface area contributed by atoms with E-state index in [1.165, 1.54) is 18.2 Å². The molecule has 4 rings (SSSR count). The van der Waals surface area contributed by atoms with Crippen molar-refractivity contribution in [2.75, 3.05) is 10.6 Å². The third-order valence-electron chi connectivity index (χ3n) is 6.13. The minimum Gasteiger partial charge on any atom is -0.325 e. The summed E-state index contributed by atoms with van der Waals surface area (Å²) >= 11 is 19.1. The van der Waals surface area contributed by atoms with Crippen LogP contribution in [-0.2, 0) is 15.8 Å². The van der Waals surface area contributed by atoms with Crippen LogP contribution in [-0.4, -0.2) is 23.0 Å². The van der Waals surface area contributed by atoms with Gasteiger partial charge in [-0.2, -0.15) is 13.2 Å². The molecule has 4 aromatic rings. The van der Waals surface area contributed by atoms with E-state index in [2.05, 4.69) is 16.0 Å². The molecule has 0 aromatic heterocycles. The van der Waals surface area contributed by atoms with Gasteiger partial charge in [0.25, 0.3) is 11.8 Å². The van der Waals surface area contributed by atoms with E-state index in [0.717, 1.165) is 23.9 Å². The van der Waals surface area contributed by atoms with Crippen molar-refractivity contribution >= 4 is 81.7 Å². The van der Waals surface area contributed by atoms with Crippen molar-refractivity contribution in [1.82, 2.24) is 5.32 Å². The van der Waals surface area contributed by atoms with Crippen LogP contribution in [0.1, 0.15) is 28.4 Å². The van der Waals surface area contributed by atoms with Gasteiger partial charge in [0.1, 0.15) is 5.70 Å². The first-order valence-electron chi connectivity index (χ1n) is 13.1. The largest absolute Gasteiger partial charge is 0.418 e. The zero-order chi connectivity index (χ0) is 32.7. The first-order chi connectivity index (χ1) is 21.3. The normalized spacial score (nSPS) is 12.3. The molecule has 0 aliphatic rings. The molecule has 3 amide bonds. The first kappa shape index (κ1) is 33.9. The van der Waals surface area contributed by atoms with E-state index in [1.54, 1.807) is 73.7 Å². The topological polar surface area (TPSA) is 87.3 Å². The standard InChI is InChI=1S/C32H23Cl3F3N3O3S/c1-18(29(42)40-27-14-9-21(33)16-25(27)32(36,37)38)45-24-12-10-23(11-13-24)39-31(44)28(15-20-7-8-22(34)17-26(20)35)41-30(43)19-5-3-2-4-6-19/h2-18H,1H3,(H,39,44)(H,40,42)(H,41,43)/b28-15-. The molecule has 0 fully saturated rings. The molecule has 0 aliphatic carbocycles. The molecule has 0 saturated carbocycles. The lowest BCUT2D eigenvalue weighted by Gasteiger charge is -2.17. The number of hydrogen-bond acceptors (Lipinski definition) is 4. The average Bonchev–Trinajstić information content (AvgIpc) is 2.99. The summed E-state index contributed by atoms with van der Waals surface area (Å²) in [6.45, 7) is 1.55. The Hall–Kier alpha value is -3.96. The van der Waals surface area contributed by atoms with Crippen LogP contribution < -0.4 is 16.0 Å². The van der Waals surface area contributed by atoms with Crippen molar-refractivity contribution in [3.05, 3.63) is 128 Å². The molecule has 3 N–H and O–H groups in total. The lowest BCUT2D eigenvalue weighted by Crippen LogP contribution is -2.30. The summed E-state index contributed by atoms with van der Waals surface area (Å²) in [4.78, 5) is 39.5. The number of anilines is 2. The fraction of sp³-hybridized carbons (Fsp3) is 0.0938. The van der Waals surface area contributed by atoms with E-state index in [0.29, 0.717) is 26.7 Å². The molecule has 1 unspecified atom stereocenters. The molecule has 0 radical (unpaired) electrons. The lowest BCUT2D eigenvalue weighted by molar-refractivity contribution is -0.137. The molecule has 232 valence electrons. The highest BCUT2D eigenvalue weighted by molar-refractivity contribution is 8.00. The van der Waals surface area contributed by atoms with Gasteiger partial charge in [-0.1, -0.05) is 59.1 Å². The zero-order valence-electron chi connectivity index (χ0n) is 23.2. The van der Waals surface area contributed by atoms with Crippen molar-refractivity contribution in [1.29, 1.82) is 0 Å². The van der Waals surface area contributed by atoms with Crippen LogP contribution in [0.3, 0.4) is 0 Å². The Bertz CT molecular complexity index is 1750. The SMILES string of the molecule is CC(Sc1ccc(NC(=O)/C(=C/c2ccc(Cl)cc2Cl)NC(=O)c2ccccc2)cc1)C(=O)Nc1ccc(Cl)cc1C(F)(F)F. The van der Waals surface area contributed by atoms with E-state index < -0.39 is 40.4 Å². The van der Waals surface area contributed by atoms with Crippen molar-refractivity contribution in [2.45, 2.75) is 23.2 Å². The summed E-state index contributed by atoms with van der Waals surface area (Å²) in [5.41, 5.74) is -0.377. The number of hydrogen-bond donors (Lipinski definition) is 3. The van der Waals surface area contributed by atoms with E-state index in [4.69, 9.17) is 34.8 Å². The van der Waals surface area contributed by atoms with Crippen molar-refractivity contribution in [3.63, 3.8) is 0 Å². The number of halogens is 6. The Kier molecular flexibility index (Phi) is 11.2. The molecule has 0 spiro atoms. The van der Waals surface area contributed by atoms with Gasteiger partial charge in [-0.3, -0.25) is 14.4 Å². The van der Waals surface area contributed by atoms with Crippen LogP contribution in [0.2, 0.25) is 15.1 Å². The number of carbonyl (C=O) groups is 3. The van der Waals surface area contributed by atoms with E-state index in [-0.39, 0.29) is 15.7 Å². The number of alkyl halides is 3. The number of amides is 3. The van der Waals surface area contributed by atoms with Gasteiger partial charge < -0.3 is 16.0 Å².